The Hall–Kier alpha value is -2.83. The Balaban J connectivity index is 1.76. The molecule has 4 unspecified atom stereocenters. The number of fused-ring (bicyclic) bond motifs is 1. The molecule has 7 nitrogen and oxygen atoms in total. The van der Waals surface area contributed by atoms with Gasteiger partial charge in [0.1, 0.15) is 5.56 Å². The number of phenols is 2. The molecular weight excluding hydrogens is 338 g/mol. The molecule has 0 aromatic heterocycles. The van der Waals surface area contributed by atoms with Crippen LogP contribution in [-0.2, 0) is 14.3 Å². The minimum Gasteiger partial charge on any atom is -0.504 e. The molecule has 1 aromatic rings. The predicted octanol–water partition coefficient (Wildman–Crippen LogP) is 1.70. The fourth-order valence-electron chi connectivity index (χ4n) is 3.75. The molecule has 7 heteroatoms. The van der Waals surface area contributed by atoms with E-state index in [1.807, 2.05) is 19.1 Å². The van der Waals surface area contributed by atoms with Gasteiger partial charge in [-0.1, -0.05) is 25.1 Å². The van der Waals surface area contributed by atoms with Crippen molar-refractivity contribution >= 4 is 17.8 Å². The molecule has 26 heavy (non-hydrogen) atoms. The zero-order valence-electron chi connectivity index (χ0n) is 14.6. The van der Waals surface area contributed by atoms with Crippen LogP contribution in [0.15, 0.2) is 30.4 Å². The number of aromatic hydroxyl groups is 2. The van der Waals surface area contributed by atoms with Crippen molar-refractivity contribution in [1.82, 2.24) is 4.90 Å². The van der Waals surface area contributed by atoms with Crippen LogP contribution in [0.4, 0.5) is 0 Å². The Morgan fingerprint density at radius 1 is 1.15 bits per heavy atom. The van der Waals surface area contributed by atoms with Crippen LogP contribution in [0, 0.1) is 23.7 Å². The van der Waals surface area contributed by atoms with Crippen LogP contribution in [0.1, 0.15) is 24.2 Å². The highest BCUT2D eigenvalue weighted by Gasteiger charge is 2.53. The molecule has 2 amide bonds. The molecule has 4 atom stereocenters. The van der Waals surface area contributed by atoms with Crippen LogP contribution in [-0.4, -0.2) is 46.0 Å². The maximum atomic E-state index is 12.6. The van der Waals surface area contributed by atoms with Gasteiger partial charge in [-0.3, -0.25) is 14.5 Å². The lowest BCUT2D eigenvalue weighted by molar-refractivity contribution is -0.140. The average Bonchev–Trinajstić information content (AvgIpc) is 2.88. The van der Waals surface area contributed by atoms with Gasteiger partial charge in [0.25, 0.3) is 0 Å². The predicted molar refractivity (Wildman–Crippen MR) is 91.2 cm³/mol. The Bertz CT molecular complexity index is 786. The van der Waals surface area contributed by atoms with Crippen LogP contribution in [0.25, 0.3) is 0 Å². The van der Waals surface area contributed by atoms with E-state index in [0.717, 1.165) is 0 Å². The van der Waals surface area contributed by atoms with Crippen molar-refractivity contribution < 1.29 is 29.3 Å². The van der Waals surface area contributed by atoms with E-state index in [0.29, 0.717) is 6.54 Å². The molecule has 3 rings (SSSR count). The lowest BCUT2D eigenvalue weighted by atomic mass is 9.73. The Labute approximate surface area is 150 Å². The highest BCUT2D eigenvalue weighted by Crippen LogP contribution is 2.41. The summed E-state index contributed by atoms with van der Waals surface area (Å²) in [6, 6.07) is 4.01. The number of rotatable bonds is 4. The van der Waals surface area contributed by atoms with E-state index in [2.05, 4.69) is 0 Å². The number of allylic oxidation sites excluding steroid dienone is 1. The smallest absolute Gasteiger partial charge is 0.342 e. The van der Waals surface area contributed by atoms with E-state index >= 15 is 0 Å². The topological polar surface area (TPSA) is 104 Å². The molecule has 0 radical (unpaired) electrons. The van der Waals surface area contributed by atoms with Gasteiger partial charge in [0, 0.05) is 12.5 Å². The number of benzene rings is 1. The number of imide groups is 1. The molecular formula is C19H21NO6. The summed E-state index contributed by atoms with van der Waals surface area (Å²) >= 11 is 0. The molecule has 138 valence electrons. The molecule has 1 aliphatic heterocycles. The van der Waals surface area contributed by atoms with Gasteiger partial charge in [0.05, 0.1) is 18.4 Å². The fourth-order valence-corrected chi connectivity index (χ4v) is 3.75. The SMILES string of the molecule is CCN1C(=O)C2C(C)C=CC(COC(=O)c3cccc(O)c3O)C2C1=O. The van der Waals surface area contributed by atoms with E-state index in [9.17, 15) is 24.6 Å². The minimum absolute atomic E-state index is 0.0601. The molecule has 0 saturated carbocycles. The second-order valence-corrected chi connectivity index (χ2v) is 6.65. The number of nitrogens with zero attached hydrogens (tertiary/aromatic N) is 1. The number of likely N-dealkylation sites (tertiary alicyclic amines) is 1. The van der Waals surface area contributed by atoms with Crippen molar-refractivity contribution in [2.45, 2.75) is 13.8 Å². The van der Waals surface area contributed by atoms with Crippen LogP contribution < -0.4 is 0 Å². The zero-order chi connectivity index (χ0) is 19.0. The summed E-state index contributed by atoms with van der Waals surface area (Å²) in [5, 5.41) is 19.2. The zero-order valence-corrected chi connectivity index (χ0v) is 14.6. The van der Waals surface area contributed by atoms with Crippen LogP contribution in [0.5, 0.6) is 11.5 Å². The molecule has 0 spiro atoms. The van der Waals surface area contributed by atoms with Gasteiger partial charge >= 0.3 is 5.97 Å². The van der Waals surface area contributed by atoms with Crippen LogP contribution in [0.3, 0.4) is 0 Å². The number of carbonyl (C=O) groups excluding carboxylic acids is 3. The Morgan fingerprint density at radius 2 is 1.85 bits per heavy atom. The monoisotopic (exact) mass is 359 g/mol. The largest absolute Gasteiger partial charge is 0.504 e. The standard InChI is InChI=1S/C19H21NO6/c1-3-20-17(23)14-10(2)7-8-11(15(14)18(20)24)9-26-19(25)12-5-4-6-13(21)16(12)22/h4-8,10-11,14-15,21-22H,3,9H2,1-2H3. The maximum Gasteiger partial charge on any atom is 0.342 e. The first kappa shape index (κ1) is 18.0. The summed E-state index contributed by atoms with van der Waals surface area (Å²) in [6.45, 7) is 3.88. The molecule has 2 N–H and O–H groups in total. The fraction of sp³-hybridized carbons (Fsp3) is 0.421. The number of amides is 2. The van der Waals surface area contributed by atoms with Gasteiger partial charge in [-0.05, 0) is 25.0 Å². The van der Waals surface area contributed by atoms with Crippen LogP contribution in [0.2, 0.25) is 0 Å². The summed E-state index contributed by atoms with van der Waals surface area (Å²) in [6.07, 6.45) is 3.68. The van der Waals surface area contributed by atoms with Gasteiger partial charge in [-0.15, -0.1) is 0 Å². The van der Waals surface area contributed by atoms with E-state index in [-0.39, 0.29) is 29.9 Å². The lowest BCUT2D eigenvalue weighted by Crippen LogP contribution is -2.35. The molecule has 1 fully saturated rings. The molecule has 1 saturated heterocycles. The van der Waals surface area contributed by atoms with E-state index in [1.165, 1.54) is 23.1 Å². The van der Waals surface area contributed by atoms with E-state index in [4.69, 9.17) is 4.74 Å². The van der Waals surface area contributed by atoms with Crippen LogP contribution >= 0.6 is 0 Å². The normalized spacial score (nSPS) is 27.5. The molecule has 2 aliphatic rings. The third-order valence-corrected chi connectivity index (χ3v) is 5.14. The van der Waals surface area contributed by atoms with Crippen molar-refractivity contribution in [2.75, 3.05) is 13.2 Å². The van der Waals surface area contributed by atoms with E-state index in [1.54, 1.807) is 6.92 Å². The van der Waals surface area contributed by atoms with Gasteiger partial charge < -0.3 is 14.9 Å². The minimum atomic E-state index is -0.800. The lowest BCUT2D eigenvalue weighted by Gasteiger charge is -2.29. The van der Waals surface area contributed by atoms with Gasteiger partial charge in [0.2, 0.25) is 11.8 Å². The van der Waals surface area contributed by atoms with Crippen molar-refractivity contribution in [3.05, 3.63) is 35.9 Å². The second kappa shape index (κ2) is 6.82. The summed E-state index contributed by atoms with van der Waals surface area (Å²) in [7, 11) is 0. The number of hydrogen-bond acceptors (Lipinski definition) is 6. The first-order chi connectivity index (χ1) is 12.4. The third kappa shape index (κ3) is 2.83. The molecule has 1 aliphatic carbocycles. The van der Waals surface area contributed by atoms with Gasteiger partial charge in [0.15, 0.2) is 11.5 Å². The summed E-state index contributed by atoms with van der Waals surface area (Å²) < 4.78 is 5.26. The summed E-state index contributed by atoms with van der Waals surface area (Å²) in [5.41, 5.74) is -0.154. The number of phenolic OH excluding ortho intramolecular Hbond substituents is 2. The summed E-state index contributed by atoms with van der Waals surface area (Å²) in [4.78, 5) is 38.6. The Morgan fingerprint density at radius 3 is 2.54 bits per heavy atom. The Kier molecular flexibility index (Phi) is 4.71. The third-order valence-electron chi connectivity index (χ3n) is 5.14. The molecule has 1 heterocycles. The van der Waals surface area contributed by atoms with E-state index < -0.39 is 35.2 Å². The van der Waals surface area contributed by atoms with Crippen molar-refractivity contribution in [2.24, 2.45) is 23.7 Å². The quantitative estimate of drug-likeness (QED) is 0.367. The highest BCUT2D eigenvalue weighted by molar-refractivity contribution is 6.05. The van der Waals surface area contributed by atoms with Crippen molar-refractivity contribution in [1.29, 1.82) is 0 Å². The summed E-state index contributed by atoms with van der Waals surface area (Å²) in [5.74, 6) is -3.64. The number of hydrogen-bond donors (Lipinski definition) is 2. The number of ether oxygens (including phenoxy) is 1. The molecule has 1 aromatic carbocycles. The number of para-hydroxylation sites is 1. The van der Waals surface area contributed by atoms with Crippen molar-refractivity contribution in [3.8, 4) is 11.5 Å². The second-order valence-electron chi connectivity index (χ2n) is 6.65. The number of esters is 1. The van der Waals surface area contributed by atoms with Gasteiger partial charge in [-0.2, -0.15) is 0 Å². The first-order valence-corrected chi connectivity index (χ1v) is 8.58. The average molecular weight is 359 g/mol. The highest BCUT2D eigenvalue weighted by atomic mass is 16.5. The van der Waals surface area contributed by atoms with Gasteiger partial charge in [-0.25, -0.2) is 4.79 Å². The first-order valence-electron chi connectivity index (χ1n) is 8.58. The number of carbonyl (C=O) groups is 3. The maximum absolute atomic E-state index is 12.6. The van der Waals surface area contributed by atoms with Crippen molar-refractivity contribution in [3.63, 3.8) is 0 Å². The molecule has 0 bridgehead atoms.